The summed E-state index contributed by atoms with van der Waals surface area (Å²) in [4.78, 5) is 8.08. The van der Waals surface area contributed by atoms with Crippen molar-refractivity contribution < 1.29 is 8.42 Å². The molecule has 2 aromatic heterocycles. The Bertz CT molecular complexity index is 832. The Labute approximate surface area is 126 Å². The van der Waals surface area contributed by atoms with E-state index in [1.54, 1.807) is 17.5 Å². The number of nitrogens with zero attached hydrogens (tertiary/aromatic N) is 2. The smallest absolute Gasteiger partial charge is 0.271 e. The fourth-order valence-electron chi connectivity index (χ4n) is 1.84. The molecule has 5 nitrogen and oxygen atoms in total. The van der Waals surface area contributed by atoms with E-state index in [0.29, 0.717) is 11.4 Å². The molecular formula is C14H11N3O2S2. The Balaban J connectivity index is 2.01. The van der Waals surface area contributed by atoms with Gasteiger partial charge in [-0.3, -0.25) is 4.72 Å². The molecule has 0 atom stereocenters. The van der Waals surface area contributed by atoms with Gasteiger partial charge in [-0.1, -0.05) is 36.4 Å². The zero-order valence-corrected chi connectivity index (χ0v) is 12.4. The zero-order valence-electron chi connectivity index (χ0n) is 10.8. The van der Waals surface area contributed by atoms with Gasteiger partial charge in [-0.2, -0.15) is 0 Å². The normalized spacial score (nSPS) is 11.2. The molecule has 21 heavy (non-hydrogen) atoms. The lowest BCUT2D eigenvalue weighted by Crippen LogP contribution is -2.13. The van der Waals surface area contributed by atoms with Gasteiger partial charge in [0.1, 0.15) is 10.5 Å². The van der Waals surface area contributed by atoms with Crippen molar-refractivity contribution >= 4 is 27.0 Å². The minimum absolute atomic E-state index is 0.255. The minimum atomic E-state index is -3.61. The summed E-state index contributed by atoms with van der Waals surface area (Å²) in [5, 5.41) is 1.72. The number of sulfonamides is 1. The molecule has 3 rings (SSSR count). The molecule has 3 aromatic rings. The summed E-state index contributed by atoms with van der Waals surface area (Å²) < 4.78 is 27.4. The predicted octanol–water partition coefficient (Wildman–Crippen LogP) is 3.01. The first-order chi connectivity index (χ1) is 10.2. The SMILES string of the molecule is O=S(=O)(Nc1cncnc1-c1ccccc1)c1cccs1. The first-order valence-electron chi connectivity index (χ1n) is 6.08. The molecular weight excluding hydrogens is 306 g/mol. The van der Waals surface area contributed by atoms with Crippen LogP contribution in [0.15, 0.2) is 64.6 Å². The van der Waals surface area contributed by atoms with Gasteiger partial charge in [0.2, 0.25) is 0 Å². The maximum Gasteiger partial charge on any atom is 0.271 e. The highest BCUT2D eigenvalue weighted by Crippen LogP contribution is 2.27. The van der Waals surface area contributed by atoms with Gasteiger partial charge in [-0.25, -0.2) is 18.4 Å². The molecule has 1 aromatic carbocycles. The van der Waals surface area contributed by atoms with E-state index in [4.69, 9.17) is 0 Å². The van der Waals surface area contributed by atoms with Gasteiger partial charge >= 0.3 is 0 Å². The molecule has 106 valence electrons. The first kappa shape index (κ1) is 13.7. The van der Waals surface area contributed by atoms with E-state index in [9.17, 15) is 8.42 Å². The van der Waals surface area contributed by atoms with Crippen LogP contribution in [0.5, 0.6) is 0 Å². The Morgan fingerprint density at radius 1 is 1.05 bits per heavy atom. The Morgan fingerprint density at radius 3 is 2.57 bits per heavy atom. The van der Waals surface area contributed by atoms with Crippen LogP contribution >= 0.6 is 11.3 Å². The summed E-state index contributed by atoms with van der Waals surface area (Å²) in [5.41, 5.74) is 1.73. The van der Waals surface area contributed by atoms with Crippen LogP contribution in [0.3, 0.4) is 0 Å². The summed E-state index contributed by atoms with van der Waals surface area (Å²) in [5.74, 6) is 0. The van der Waals surface area contributed by atoms with Gasteiger partial charge in [-0.15, -0.1) is 11.3 Å². The molecule has 0 saturated carbocycles. The van der Waals surface area contributed by atoms with Gasteiger partial charge in [0.25, 0.3) is 10.0 Å². The maximum atomic E-state index is 12.3. The third-order valence-corrected chi connectivity index (χ3v) is 5.53. The number of rotatable bonds is 4. The molecule has 0 aliphatic heterocycles. The van der Waals surface area contributed by atoms with Crippen LogP contribution < -0.4 is 4.72 Å². The number of aromatic nitrogens is 2. The second-order valence-corrected chi connectivity index (χ2v) is 7.05. The Hall–Kier alpha value is -2.25. The van der Waals surface area contributed by atoms with Gasteiger partial charge in [0, 0.05) is 5.56 Å². The van der Waals surface area contributed by atoms with Crippen molar-refractivity contribution in [1.29, 1.82) is 0 Å². The largest absolute Gasteiger partial charge is 0.275 e. The van der Waals surface area contributed by atoms with E-state index in [1.807, 2.05) is 30.3 Å². The van der Waals surface area contributed by atoms with Gasteiger partial charge < -0.3 is 0 Å². The molecule has 0 aliphatic rings. The third kappa shape index (κ3) is 2.93. The fourth-order valence-corrected chi connectivity index (χ4v) is 3.89. The van der Waals surface area contributed by atoms with Crippen LogP contribution in [0.25, 0.3) is 11.3 Å². The fraction of sp³-hybridized carbons (Fsp3) is 0. The van der Waals surface area contributed by atoms with Gasteiger partial charge in [-0.05, 0) is 11.4 Å². The summed E-state index contributed by atoms with van der Waals surface area (Å²) in [6.45, 7) is 0. The molecule has 0 aliphatic carbocycles. The number of hydrogen-bond acceptors (Lipinski definition) is 5. The van der Waals surface area contributed by atoms with Gasteiger partial charge in [0.05, 0.1) is 17.6 Å². The summed E-state index contributed by atoms with van der Waals surface area (Å²) in [6.07, 6.45) is 2.85. The van der Waals surface area contributed by atoms with E-state index in [2.05, 4.69) is 14.7 Å². The highest BCUT2D eigenvalue weighted by molar-refractivity contribution is 7.94. The monoisotopic (exact) mass is 317 g/mol. The van der Waals surface area contributed by atoms with Crippen molar-refractivity contribution in [3.05, 3.63) is 60.4 Å². The number of thiophene rings is 1. The molecule has 0 unspecified atom stereocenters. The first-order valence-corrected chi connectivity index (χ1v) is 8.45. The molecule has 0 saturated heterocycles. The zero-order chi connectivity index (χ0) is 14.7. The summed E-state index contributed by atoms with van der Waals surface area (Å²) in [7, 11) is -3.61. The third-order valence-electron chi connectivity index (χ3n) is 2.76. The molecule has 1 N–H and O–H groups in total. The molecule has 2 heterocycles. The minimum Gasteiger partial charge on any atom is -0.275 e. The van der Waals surface area contributed by atoms with E-state index in [1.165, 1.54) is 12.5 Å². The number of benzene rings is 1. The van der Waals surface area contributed by atoms with Crippen molar-refractivity contribution in [2.45, 2.75) is 4.21 Å². The topological polar surface area (TPSA) is 72.0 Å². The highest BCUT2D eigenvalue weighted by atomic mass is 32.2. The van der Waals surface area contributed by atoms with Crippen LogP contribution in [-0.2, 0) is 10.0 Å². The Morgan fingerprint density at radius 2 is 1.86 bits per heavy atom. The van der Waals surface area contributed by atoms with Crippen LogP contribution in [-0.4, -0.2) is 18.4 Å². The average Bonchev–Trinajstić information content (AvgIpc) is 3.03. The van der Waals surface area contributed by atoms with Crippen molar-refractivity contribution in [3.8, 4) is 11.3 Å². The molecule has 7 heteroatoms. The van der Waals surface area contributed by atoms with E-state index in [0.717, 1.165) is 16.9 Å². The van der Waals surface area contributed by atoms with Crippen LogP contribution in [0.2, 0.25) is 0 Å². The van der Waals surface area contributed by atoms with Crippen LogP contribution in [0.4, 0.5) is 5.69 Å². The van der Waals surface area contributed by atoms with Crippen molar-refractivity contribution in [3.63, 3.8) is 0 Å². The standard InChI is InChI=1S/C14H11N3O2S2/c18-21(19,13-7-4-8-20-13)17-12-9-15-10-16-14(12)11-5-2-1-3-6-11/h1-10,17H. The average molecular weight is 317 g/mol. The summed E-state index contributed by atoms with van der Waals surface area (Å²) in [6, 6.07) is 12.6. The summed E-state index contributed by atoms with van der Waals surface area (Å²) >= 11 is 1.16. The van der Waals surface area contributed by atoms with Crippen molar-refractivity contribution in [2.75, 3.05) is 4.72 Å². The van der Waals surface area contributed by atoms with E-state index < -0.39 is 10.0 Å². The highest BCUT2D eigenvalue weighted by Gasteiger charge is 2.18. The second kappa shape index (κ2) is 5.63. The lowest BCUT2D eigenvalue weighted by atomic mass is 10.1. The van der Waals surface area contributed by atoms with Crippen molar-refractivity contribution in [1.82, 2.24) is 9.97 Å². The van der Waals surface area contributed by atoms with E-state index >= 15 is 0 Å². The lowest BCUT2D eigenvalue weighted by Gasteiger charge is -2.10. The van der Waals surface area contributed by atoms with Gasteiger partial charge in [0.15, 0.2) is 0 Å². The number of nitrogens with one attached hydrogen (secondary N) is 1. The van der Waals surface area contributed by atoms with E-state index in [-0.39, 0.29) is 4.21 Å². The number of hydrogen-bond donors (Lipinski definition) is 1. The number of anilines is 1. The van der Waals surface area contributed by atoms with Crippen LogP contribution in [0, 0.1) is 0 Å². The molecule has 0 spiro atoms. The predicted molar refractivity (Wildman–Crippen MR) is 82.6 cm³/mol. The lowest BCUT2D eigenvalue weighted by molar-refractivity contribution is 0.603. The van der Waals surface area contributed by atoms with Crippen molar-refractivity contribution in [2.24, 2.45) is 0 Å². The molecule has 0 radical (unpaired) electrons. The Kier molecular flexibility index (Phi) is 3.68. The second-order valence-electron chi connectivity index (χ2n) is 4.19. The molecule has 0 bridgehead atoms. The maximum absolute atomic E-state index is 12.3. The quantitative estimate of drug-likeness (QED) is 0.803. The molecule has 0 amide bonds. The molecule has 0 fully saturated rings. The van der Waals surface area contributed by atoms with Crippen LogP contribution in [0.1, 0.15) is 0 Å².